The zero-order chi connectivity index (χ0) is 24.3. The number of nitrogens with one attached hydrogen (secondary N) is 1. The summed E-state index contributed by atoms with van der Waals surface area (Å²) in [5.74, 6) is -0.199. The Morgan fingerprint density at radius 1 is 0.941 bits per heavy atom. The molecule has 0 bridgehead atoms. The molecule has 0 aromatic heterocycles. The number of sulfonamides is 1. The molecule has 0 saturated carbocycles. The number of aryl methyl sites for hydroxylation is 2. The maximum Gasteiger partial charge on any atom is 0.255 e. The van der Waals surface area contributed by atoms with Gasteiger partial charge in [-0.3, -0.25) is 9.10 Å². The van der Waals surface area contributed by atoms with E-state index >= 15 is 0 Å². The quantitative estimate of drug-likeness (QED) is 0.513. The summed E-state index contributed by atoms with van der Waals surface area (Å²) in [6, 6.07) is 20.8. The number of carbonyl (C=O) groups is 1. The number of anilines is 3. The summed E-state index contributed by atoms with van der Waals surface area (Å²) in [4.78, 5) is 15.1. The second kappa shape index (κ2) is 9.89. The molecule has 6 nitrogen and oxygen atoms in total. The van der Waals surface area contributed by atoms with Gasteiger partial charge in [0.1, 0.15) is 0 Å². The van der Waals surface area contributed by atoms with Crippen LogP contribution in [-0.4, -0.2) is 33.7 Å². The first-order valence-corrected chi connectivity index (χ1v) is 13.4. The Morgan fingerprint density at radius 3 is 2.21 bits per heavy atom. The van der Waals surface area contributed by atoms with E-state index < -0.39 is 10.0 Å². The van der Waals surface area contributed by atoms with E-state index in [-0.39, 0.29) is 12.5 Å². The molecular formula is C27H31N3O3S. The molecule has 3 aromatic rings. The summed E-state index contributed by atoms with van der Waals surface area (Å²) < 4.78 is 26.5. The molecule has 0 spiro atoms. The third kappa shape index (κ3) is 5.59. The van der Waals surface area contributed by atoms with Crippen LogP contribution in [0.3, 0.4) is 0 Å². The largest absolute Gasteiger partial charge is 0.372 e. The van der Waals surface area contributed by atoms with Crippen LogP contribution < -0.4 is 14.5 Å². The molecule has 0 radical (unpaired) electrons. The second-order valence-corrected chi connectivity index (χ2v) is 10.9. The third-order valence-corrected chi connectivity index (χ3v) is 7.30. The van der Waals surface area contributed by atoms with Crippen LogP contribution >= 0.6 is 0 Å². The zero-order valence-electron chi connectivity index (χ0n) is 19.9. The van der Waals surface area contributed by atoms with E-state index in [0.29, 0.717) is 11.3 Å². The number of amides is 1. The summed E-state index contributed by atoms with van der Waals surface area (Å²) in [5, 5.41) is 2.94. The molecule has 178 valence electrons. The number of hydrogen-bond donors (Lipinski definition) is 1. The molecule has 0 atom stereocenters. The SMILES string of the molecule is Cc1ccc(C)c(N(Cc2ccc(C(=O)Nc3ccc(N4CCCC4)cc3)cc2)S(C)(=O)=O)c1. The fourth-order valence-electron chi connectivity index (χ4n) is 4.23. The van der Waals surface area contributed by atoms with Gasteiger partial charge in [-0.2, -0.15) is 0 Å². The van der Waals surface area contributed by atoms with Crippen LogP contribution in [0, 0.1) is 13.8 Å². The first-order valence-electron chi connectivity index (χ1n) is 11.5. The summed E-state index contributed by atoms with van der Waals surface area (Å²) in [7, 11) is -3.48. The second-order valence-electron chi connectivity index (χ2n) is 8.95. The molecule has 3 aromatic carbocycles. The molecule has 0 unspecified atom stereocenters. The molecule has 34 heavy (non-hydrogen) atoms. The Bertz CT molecular complexity index is 1260. The van der Waals surface area contributed by atoms with Crippen molar-refractivity contribution >= 4 is 33.0 Å². The molecule has 0 aliphatic carbocycles. The molecule has 1 saturated heterocycles. The Labute approximate surface area is 202 Å². The van der Waals surface area contributed by atoms with Crippen LogP contribution in [0.5, 0.6) is 0 Å². The molecule has 7 heteroatoms. The summed E-state index contributed by atoms with van der Waals surface area (Å²) >= 11 is 0. The highest BCUT2D eigenvalue weighted by Crippen LogP contribution is 2.26. The van der Waals surface area contributed by atoms with Crippen LogP contribution in [0.25, 0.3) is 0 Å². The van der Waals surface area contributed by atoms with Crippen molar-refractivity contribution < 1.29 is 13.2 Å². The van der Waals surface area contributed by atoms with Gasteiger partial charge in [0.05, 0.1) is 18.5 Å². The van der Waals surface area contributed by atoms with E-state index in [1.54, 1.807) is 24.3 Å². The van der Waals surface area contributed by atoms with E-state index in [4.69, 9.17) is 0 Å². The maximum atomic E-state index is 12.7. The van der Waals surface area contributed by atoms with Gasteiger partial charge in [-0.25, -0.2) is 8.42 Å². The van der Waals surface area contributed by atoms with Gasteiger partial charge in [0.25, 0.3) is 5.91 Å². The lowest BCUT2D eigenvalue weighted by Crippen LogP contribution is -2.30. The van der Waals surface area contributed by atoms with Gasteiger partial charge >= 0.3 is 0 Å². The predicted octanol–water partition coefficient (Wildman–Crippen LogP) is 5.12. The zero-order valence-corrected chi connectivity index (χ0v) is 20.7. The minimum atomic E-state index is -3.48. The van der Waals surface area contributed by atoms with Crippen molar-refractivity contribution in [2.24, 2.45) is 0 Å². The van der Waals surface area contributed by atoms with E-state index in [2.05, 4.69) is 10.2 Å². The minimum absolute atomic E-state index is 0.197. The monoisotopic (exact) mass is 477 g/mol. The molecule has 1 aliphatic rings. The normalized spacial score (nSPS) is 13.7. The van der Waals surface area contributed by atoms with Gasteiger partial charge in [0.15, 0.2) is 0 Å². The van der Waals surface area contributed by atoms with E-state index in [1.807, 2.05) is 56.3 Å². The Hall–Kier alpha value is -3.32. The molecule has 1 fully saturated rings. The van der Waals surface area contributed by atoms with E-state index in [0.717, 1.165) is 35.5 Å². The molecule has 1 amide bonds. The lowest BCUT2D eigenvalue weighted by Gasteiger charge is -2.25. The van der Waals surface area contributed by atoms with Gasteiger partial charge in [0, 0.05) is 30.0 Å². The van der Waals surface area contributed by atoms with Crippen molar-refractivity contribution in [1.82, 2.24) is 0 Å². The van der Waals surface area contributed by atoms with Crippen molar-refractivity contribution in [3.8, 4) is 0 Å². The van der Waals surface area contributed by atoms with Crippen molar-refractivity contribution in [2.75, 3.05) is 33.9 Å². The Kier molecular flexibility index (Phi) is 6.93. The Balaban J connectivity index is 1.45. The average Bonchev–Trinajstić information content (AvgIpc) is 3.34. The van der Waals surface area contributed by atoms with Crippen molar-refractivity contribution in [2.45, 2.75) is 33.2 Å². The molecule has 1 aliphatic heterocycles. The van der Waals surface area contributed by atoms with Crippen molar-refractivity contribution in [1.29, 1.82) is 0 Å². The van der Waals surface area contributed by atoms with Gasteiger partial charge in [-0.05, 0) is 85.8 Å². The Morgan fingerprint density at radius 2 is 1.59 bits per heavy atom. The van der Waals surface area contributed by atoms with Crippen molar-refractivity contribution in [3.05, 3.63) is 89.0 Å². The molecular weight excluding hydrogens is 446 g/mol. The average molecular weight is 478 g/mol. The highest BCUT2D eigenvalue weighted by atomic mass is 32.2. The summed E-state index contributed by atoms with van der Waals surface area (Å²) in [5.41, 5.74) is 5.80. The highest BCUT2D eigenvalue weighted by molar-refractivity contribution is 7.92. The molecule has 1 heterocycles. The van der Waals surface area contributed by atoms with Gasteiger partial charge in [-0.15, -0.1) is 0 Å². The van der Waals surface area contributed by atoms with E-state index in [1.165, 1.54) is 29.1 Å². The first-order chi connectivity index (χ1) is 16.2. The number of hydrogen-bond acceptors (Lipinski definition) is 4. The fraction of sp³-hybridized carbons (Fsp3) is 0.296. The smallest absolute Gasteiger partial charge is 0.255 e. The van der Waals surface area contributed by atoms with Crippen LogP contribution in [0.1, 0.15) is 39.9 Å². The lowest BCUT2D eigenvalue weighted by molar-refractivity contribution is 0.102. The maximum absolute atomic E-state index is 12.7. The topological polar surface area (TPSA) is 69.7 Å². The van der Waals surface area contributed by atoms with Crippen LogP contribution in [0.2, 0.25) is 0 Å². The third-order valence-electron chi connectivity index (χ3n) is 6.17. The number of carbonyl (C=O) groups excluding carboxylic acids is 1. The van der Waals surface area contributed by atoms with Crippen LogP contribution in [0.15, 0.2) is 66.7 Å². The standard InChI is InChI=1S/C27H31N3O3S/c1-20-6-7-21(2)26(18-20)30(34(3,32)33)19-22-8-10-23(11-9-22)27(31)28-24-12-14-25(15-13-24)29-16-4-5-17-29/h6-15,18H,4-5,16-17,19H2,1-3H3,(H,28,31). The predicted molar refractivity (Wildman–Crippen MR) is 139 cm³/mol. The van der Waals surface area contributed by atoms with Gasteiger partial charge in [0.2, 0.25) is 10.0 Å². The summed E-state index contributed by atoms with van der Waals surface area (Å²) in [6.45, 7) is 6.20. The van der Waals surface area contributed by atoms with Crippen molar-refractivity contribution in [3.63, 3.8) is 0 Å². The van der Waals surface area contributed by atoms with Gasteiger partial charge in [-0.1, -0.05) is 24.3 Å². The summed E-state index contributed by atoms with van der Waals surface area (Å²) in [6.07, 6.45) is 3.66. The first kappa shape index (κ1) is 23.8. The lowest BCUT2D eigenvalue weighted by atomic mass is 10.1. The van der Waals surface area contributed by atoms with Gasteiger partial charge < -0.3 is 10.2 Å². The molecule has 4 rings (SSSR count). The minimum Gasteiger partial charge on any atom is -0.372 e. The van der Waals surface area contributed by atoms with Crippen LogP contribution in [-0.2, 0) is 16.6 Å². The highest BCUT2D eigenvalue weighted by Gasteiger charge is 2.20. The number of benzene rings is 3. The molecule has 1 N–H and O–H groups in total. The van der Waals surface area contributed by atoms with Crippen LogP contribution in [0.4, 0.5) is 17.1 Å². The fourth-order valence-corrected chi connectivity index (χ4v) is 5.17. The van der Waals surface area contributed by atoms with E-state index in [9.17, 15) is 13.2 Å². The number of rotatable bonds is 7. The number of nitrogens with zero attached hydrogens (tertiary/aromatic N) is 2.